The number of nitrogens with two attached hydrogens (primary N) is 2. The Morgan fingerprint density at radius 1 is 1.43 bits per heavy atom. The van der Waals surface area contributed by atoms with E-state index in [4.69, 9.17) is 16.2 Å². The van der Waals surface area contributed by atoms with Crippen LogP contribution < -0.4 is 16.2 Å². The number of primary amides is 1. The fraction of sp³-hybridized carbons (Fsp3) is 0.533. The SMILES string of the molecule is CC(C)N(CC(N)=O)CC(O)COc1cccc(CN)c1. The van der Waals surface area contributed by atoms with Gasteiger partial charge in [0.1, 0.15) is 18.5 Å². The smallest absolute Gasteiger partial charge is 0.231 e. The zero-order valence-electron chi connectivity index (χ0n) is 12.7. The summed E-state index contributed by atoms with van der Waals surface area (Å²) >= 11 is 0. The van der Waals surface area contributed by atoms with Crippen LogP contribution in [0, 0.1) is 0 Å². The van der Waals surface area contributed by atoms with Gasteiger partial charge in [0.25, 0.3) is 0 Å². The molecule has 0 bridgehead atoms. The number of hydrogen-bond acceptors (Lipinski definition) is 5. The second kappa shape index (κ2) is 8.61. The largest absolute Gasteiger partial charge is 0.491 e. The third-order valence-corrected chi connectivity index (χ3v) is 3.11. The molecule has 1 rings (SSSR count). The molecular weight excluding hydrogens is 270 g/mol. The molecule has 0 aliphatic rings. The summed E-state index contributed by atoms with van der Waals surface area (Å²) in [5.41, 5.74) is 11.7. The molecule has 0 aliphatic heterocycles. The molecule has 0 spiro atoms. The van der Waals surface area contributed by atoms with Crippen molar-refractivity contribution in [3.8, 4) is 5.75 Å². The Hall–Kier alpha value is -1.63. The van der Waals surface area contributed by atoms with E-state index in [1.807, 2.05) is 43.0 Å². The maximum atomic E-state index is 11.0. The van der Waals surface area contributed by atoms with E-state index in [9.17, 15) is 9.90 Å². The fourth-order valence-electron chi connectivity index (χ4n) is 1.94. The van der Waals surface area contributed by atoms with E-state index in [1.54, 1.807) is 0 Å². The van der Waals surface area contributed by atoms with Crippen LogP contribution in [0.25, 0.3) is 0 Å². The van der Waals surface area contributed by atoms with Crippen molar-refractivity contribution >= 4 is 5.91 Å². The molecule has 1 aromatic carbocycles. The molecule has 0 saturated carbocycles. The van der Waals surface area contributed by atoms with E-state index in [2.05, 4.69) is 0 Å². The first kappa shape index (κ1) is 17.4. The number of nitrogens with zero attached hydrogens (tertiary/aromatic N) is 1. The zero-order valence-corrected chi connectivity index (χ0v) is 12.7. The van der Waals surface area contributed by atoms with E-state index in [-0.39, 0.29) is 19.2 Å². The molecule has 21 heavy (non-hydrogen) atoms. The van der Waals surface area contributed by atoms with Crippen molar-refractivity contribution in [3.63, 3.8) is 0 Å². The highest BCUT2D eigenvalue weighted by Gasteiger charge is 2.17. The molecule has 0 saturated heterocycles. The van der Waals surface area contributed by atoms with Gasteiger partial charge in [0.15, 0.2) is 0 Å². The lowest BCUT2D eigenvalue weighted by atomic mass is 10.2. The summed E-state index contributed by atoms with van der Waals surface area (Å²) in [5.74, 6) is 0.260. The van der Waals surface area contributed by atoms with Gasteiger partial charge < -0.3 is 21.3 Å². The Morgan fingerprint density at radius 3 is 2.71 bits per heavy atom. The Balaban J connectivity index is 2.48. The van der Waals surface area contributed by atoms with E-state index in [0.717, 1.165) is 5.56 Å². The minimum absolute atomic E-state index is 0.118. The molecule has 0 aromatic heterocycles. The number of carbonyl (C=O) groups is 1. The van der Waals surface area contributed by atoms with Crippen LogP contribution >= 0.6 is 0 Å². The van der Waals surface area contributed by atoms with Gasteiger partial charge in [0, 0.05) is 19.1 Å². The molecule has 1 unspecified atom stereocenters. The van der Waals surface area contributed by atoms with Gasteiger partial charge in [0.2, 0.25) is 5.91 Å². The van der Waals surface area contributed by atoms with E-state index in [0.29, 0.717) is 18.8 Å². The third kappa shape index (κ3) is 6.57. The molecular formula is C15H25N3O3. The van der Waals surface area contributed by atoms with Gasteiger partial charge in [-0.25, -0.2) is 0 Å². The van der Waals surface area contributed by atoms with E-state index in [1.165, 1.54) is 0 Å². The summed E-state index contributed by atoms with van der Waals surface area (Å²) < 4.78 is 5.55. The van der Waals surface area contributed by atoms with Crippen molar-refractivity contribution in [1.29, 1.82) is 0 Å². The molecule has 1 atom stereocenters. The highest BCUT2D eigenvalue weighted by molar-refractivity contribution is 5.75. The Kier molecular flexibility index (Phi) is 7.14. The average Bonchev–Trinajstić information content (AvgIpc) is 2.44. The number of rotatable bonds is 9. The van der Waals surface area contributed by atoms with E-state index < -0.39 is 12.0 Å². The van der Waals surface area contributed by atoms with Gasteiger partial charge in [-0.3, -0.25) is 9.69 Å². The van der Waals surface area contributed by atoms with Gasteiger partial charge >= 0.3 is 0 Å². The monoisotopic (exact) mass is 295 g/mol. The molecule has 118 valence electrons. The van der Waals surface area contributed by atoms with Gasteiger partial charge in [-0.1, -0.05) is 12.1 Å². The quantitative estimate of drug-likeness (QED) is 0.599. The number of aliphatic hydroxyl groups excluding tert-OH is 1. The average molecular weight is 295 g/mol. The Morgan fingerprint density at radius 2 is 2.14 bits per heavy atom. The van der Waals surface area contributed by atoms with Gasteiger partial charge in [-0.15, -0.1) is 0 Å². The van der Waals surface area contributed by atoms with Gasteiger partial charge in [-0.2, -0.15) is 0 Å². The predicted octanol–water partition coefficient (Wildman–Crippen LogP) is 0.0807. The zero-order chi connectivity index (χ0) is 15.8. The lowest BCUT2D eigenvalue weighted by molar-refractivity contribution is -0.120. The minimum atomic E-state index is -0.701. The third-order valence-electron chi connectivity index (χ3n) is 3.11. The highest BCUT2D eigenvalue weighted by Crippen LogP contribution is 2.13. The lowest BCUT2D eigenvalue weighted by Gasteiger charge is -2.27. The van der Waals surface area contributed by atoms with Crippen LogP contribution in [-0.4, -0.2) is 47.8 Å². The normalized spacial score (nSPS) is 12.7. The summed E-state index contributed by atoms with van der Waals surface area (Å²) in [7, 11) is 0. The highest BCUT2D eigenvalue weighted by atomic mass is 16.5. The summed E-state index contributed by atoms with van der Waals surface area (Å²) in [6, 6.07) is 7.55. The first-order chi connectivity index (χ1) is 9.92. The predicted molar refractivity (Wildman–Crippen MR) is 81.7 cm³/mol. The molecule has 0 radical (unpaired) electrons. The molecule has 6 heteroatoms. The van der Waals surface area contributed by atoms with Crippen LogP contribution in [0.2, 0.25) is 0 Å². The summed E-state index contributed by atoms with van der Waals surface area (Å²) in [6.45, 7) is 4.94. The van der Waals surface area contributed by atoms with Crippen molar-refractivity contribution in [2.45, 2.75) is 32.5 Å². The second-order valence-electron chi connectivity index (χ2n) is 5.31. The number of aliphatic hydroxyl groups is 1. The first-order valence-electron chi connectivity index (χ1n) is 7.04. The summed E-state index contributed by atoms with van der Waals surface area (Å²) in [4.78, 5) is 12.8. The number of ether oxygens (including phenoxy) is 1. The summed E-state index contributed by atoms with van der Waals surface area (Å²) in [5, 5.41) is 10.0. The lowest BCUT2D eigenvalue weighted by Crippen LogP contribution is -2.44. The second-order valence-corrected chi connectivity index (χ2v) is 5.31. The number of hydrogen-bond donors (Lipinski definition) is 3. The van der Waals surface area contributed by atoms with Crippen LogP contribution in [0.15, 0.2) is 24.3 Å². The Labute approximate surface area is 125 Å². The maximum absolute atomic E-state index is 11.0. The van der Waals surface area contributed by atoms with Crippen molar-refractivity contribution < 1.29 is 14.6 Å². The molecule has 1 aromatic rings. The first-order valence-corrected chi connectivity index (χ1v) is 7.04. The molecule has 0 fully saturated rings. The van der Waals surface area contributed by atoms with Crippen molar-refractivity contribution in [3.05, 3.63) is 29.8 Å². The van der Waals surface area contributed by atoms with Gasteiger partial charge in [-0.05, 0) is 31.5 Å². The standard InChI is InChI=1S/C15H25N3O3/c1-11(2)18(9-15(17)20)8-13(19)10-21-14-5-3-4-12(6-14)7-16/h3-6,11,13,19H,7-10,16H2,1-2H3,(H2,17,20). The van der Waals surface area contributed by atoms with Crippen molar-refractivity contribution in [2.24, 2.45) is 11.5 Å². The van der Waals surface area contributed by atoms with Crippen molar-refractivity contribution in [2.75, 3.05) is 19.7 Å². The van der Waals surface area contributed by atoms with Crippen LogP contribution in [0.3, 0.4) is 0 Å². The number of benzene rings is 1. The van der Waals surface area contributed by atoms with Crippen LogP contribution in [0.4, 0.5) is 0 Å². The van der Waals surface area contributed by atoms with Crippen molar-refractivity contribution in [1.82, 2.24) is 4.90 Å². The molecule has 6 nitrogen and oxygen atoms in total. The van der Waals surface area contributed by atoms with E-state index >= 15 is 0 Å². The van der Waals surface area contributed by atoms with Crippen LogP contribution in [0.5, 0.6) is 5.75 Å². The number of carbonyl (C=O) groups excluding carboxylic acids is 1. The molecule has 0 aliphatic carbocycles. The molecule has 0 heterocycles. The fourth-order valence-corrected chi connectivity index (χ4v) is 1.94. The van der Waals surface area contributed by atoms with Crippen LogP contribution in [-0.2, 0) is 11.3 Å². The Bertz CT molecular complexity index is 452. The molecule has 5 N–H and O–H groups in total. The number of amides is 1. The minimum Gasteiger partial charge on any atom is -0.491 e. The molecule has 1 amide bonds. The van der Waals surface area contributed by atoms with Gasteiger partial charge in [0.05, 0.1) is 6.54 Å². The summed E-state index contributed by atoms with van der Waals surface area (Å²) in [6.07, 6.45) is -0.701. The maximum Gasteiger partial charge on any atom is 0.231 e. The topological polar surface area (TPSA) is 102 Å². The van der Waals surface area contributed by atoms with Crippen LogP contribution in [0.1, 0.15) is 19.4 Å².